The molecule has 0 amide bonds. The first-order valence-electron chi connectivity index (χ1n) is 19.5. The summed E-state index contributed by atoms with van der Waals surface area (Å²) in [5, 5.41) is 227. The molecule has 0 saturated carbocycles. The highest BCUT2D eigenvalue weighted by molar-refractivity contribution is 6.38. The summed E-state index contributed by atoms with van der Waals surface area (Å²) in [6, 6.07) is 0. The van der Waals surface area contributed by atoms with Gasteiger partial charge in [-0.25, -0.2) is 0 Å². The van der Waals surface area contributed by atoms with Gasteiger partial charge < -0.3 is 107 Å². The van der Waals surface area contributed by atoms with Gasteiger partial charge in [0.05, 0.1) is 66.1 Å². The van der Waals surface area contributed by atoms with Crippen LogP contribution in [0.2, 0.25) is 0 Å². The predicted octanol–water partition coefficient (Wildman–Crippen LogP) is -15.7. The van der Waals surface area contributed by atoms with Crippen LogP contribution < -0.4 is 0 Å². The molecule has 31 nitrogen and oxygen atoms in total. The van der Waals surface area contributed by atoms with Crippen LogP contribution >= 0.6 is 0 Å². The number of rotatable bonds is 35. The fourth-order valence-corrected chi connectivity index (χ4v) is 8.47. The van der Waals surface area contributed by atoms with E-state index < -0.39 is 219 Å². The Hall–Kier alpha value is -4.14. The predicted molar refractivity (Wildman–Crippen MR) is 206 cm³/mol. The van der Waals surface area contributed by atoms with Crippen LogP contribution in [0.3, 0.4) is 0 Å². The first-order valence-corrected chi connectivity index (χ1v) is 19.5. The Balaban J connectivity index is 12.8. The lowest BCUT2D eigenvalue weighted by molar-refractivity contribution is -0.234. The third-order valence-electron chi connectivity index (χ3n) is 11.4. The SMILES string of the molecule is CCC(C(=O)C(O)CO)(C(=O)C(O)CO)C(C(=O)C(O)CO)(C(=O)C(O)CO)C(C(=O)C(O)CO)(C(=O)C(O)CO)C(C(=O)C(O)CO)(C(=O)C(O)CO)C(O)(C(=O)C(O)CO)C(=O)C(O)CO. The molecule has 0 aromatic heterocycles. The molecule has 10 atom stereocenters. The minimum Gasteiger partial charge on any atom is -0.393 e. The molecule has 21 N–H and O–H groups in total. The van der Waals surface area contributed by atoms with Gasteiger partial charge in [0.1, 0.15) is 77.3 Å². The van der Waals surface area contributed by atoms with Crippen LogP contribution in [-0.4, -0.2) is 298 Å². The summed E-state index contributed by atoms with van der Waals surface area (Å²) in [5.41, 5.74) is -30.7. The van der Waals surface area contributed by atoms with Crippen molar-refractivity contribution in [3.05, 3.63) is 0 Å². The molecule has 0 aliphatic heterocycles. The Morgan fingerprint density at radius 2 is 0.441 bits per heavy atom. The average molecular weight is 997 g/mol. The van der Waals surface area contributed by atoms with Gasteiger partial charge in [-0.2, -0.15) is 0 Å². The van der Waals surface area contributed by atoms with Crippen molar-refractivity contribution in [3.63, 3.8) is 0 Å². The molecule has 0 fully saturated rings. The largest absolute Gasteiger partial charge is 0.393 e. The molecule has 0 saturated heterocycles. The minimum absolute atomic E-state index is 0.227. The molecule has 0 heterocycles. The molecule has 0 radical (unpaired) electrons. The number of Topliss-reactive ketones (excluding diaryl/α,β-unsaturated/α-hetero) is 10. The topological polar surface area (TPSA) is 596 Å². The molecular formula is C37H56O31. The second kappa shape index (κ2) is 25.6. The summed E-state index contributed by atoms with van der Waals surface area (Å²) in [6.45, 7) is -23.6. The van der Waals surface area contributed by atoms with Gasteiger partial charge in [-0.1, -0.05) is 6.92 Å². The number of ketones is 10. The Kier molecular flexibility index (Phi) is 24.1. The zero-order valence-electron chi connectivity index (χ0n) is 35.5. The van der Waals surface area contributed by atoms with Gasteiger partial charge >= 0.3 is 0 Å². The molecule has 0 rings (SSSR count). The lowest BCUT2D eigenvalue weighted by atomic mass is 9.30. The maximum Gasteiger partial charge on any atom is 0.208 e. The summed E-state index contributed by atoms with van der Waals surface area (Å²) in [4.78, 5) is 154. The van der Waals surface area contributed by atoms with Crippen LogP contribution in [0.5, 0.6) is 0 Å². The molecule has 31 heteroatoms. The molecule has 68 heavy (non-hydrogen) atoms. The van der Waals surface area contributed by atoms with Gasteiger partial charge in [-0.3, -0.25) is 47.9 Å². The lowest BCUT2D eigenvalue weighted by Gasteiger charge is -2.64. The van der Waals surface area contributed by atoms with E-state index in [-0.39, 0.29) is 6.92 Å². The second-order valence-corrected chi connectivity index (χ2v) is 14.8. The number of hydrogen-bond donors (Lipinski definition) is 21. The van der Waals surface area contributed by atoms with Gasteiger partial charge in [0, 0.05) is 0 Å². The van der Waals surface area contributed by atoms with E-state index in [0.717, 1.165) is 0 Å². The van der Waals surface area contributed by atoms with E-state index in [0.29, 0.717) is 0 Å². The van der Waals surface area contributed by atoms with E-state index in [9.17, 15) is 117 Å². The van der Waals surface area contributed by atoms with E-state index >= 15 is 38.4 Å². The molecular weight excluding hydrogens is 940 g/mol. The molecule has 10 unspecified atom stereocenters. The van der Waals surface area contributed by atoms with E-state index in [1.54, 1.807) is 0 Å². The van der Waals surface area contributed by atoms with Crippen molar-refractivity contribution in [2.24, 2.45) is 21.7 Å². The summed E-state index contributed by atoms with van der Waals surface area (Å²) in [5.74, 6) is -34.0. The number of aliphatic hydroxyl groups excluding tert-OH is 20. The molecule has 390 valence electrons. The van der Waals surface area contributed by atoms with Crippen molar-refractivity contribution in [1.82, 2.24) is 0 Å². The first kappa shape index (κ1) is 63.9. The molecule has 0 aliphatic carbocycles. The van der Waals surface area contributed by atoms with Crippen molar-refractivity contribution < 1.29 is 155 Å². The zero-order chi connectivity index (χ0) is 53.8. The van der Waals surface area contributed by atoms with Gasteiger partial charge in [0.15, 0.2) is 51.7 Å². The van der Waals surface area contributed by atoms with Gasteiger partial charge in [-0.05, 0) is 6.42 Å². The van der Waals surface area contributed by atoms with E-state index in [1.807, 2.05) is 0 Å². The highest BCUT2D eigenvalue weighted by atomic mass is 16.4. The number of aliphatic hydroxyl groups is 21. The fraction of sp³-hybridized carbons (Fsp3) is 0.730. The average Bonchev–Trinajstić information content (AvgIpc) is 3.36. The summed E-state index contributed by atoms with van der Waals surface area (Å²) >= 11 is 0. The van der Waals surface area contributed by atoms with Crippen LogP contribution in [0, 0.1) is 21.7 Å². The highest BCUT2D eigenvalue weighted by Crippen LogP contribution is 2.69. The van der Waals surface area contributed by atoms with E-state index in [2.05, 4.69) is 0 Å². The quantitative estimate of drug-likeness (QED) is 0.0262. The van der Waals surface area contributed by atoms with Crippen molar-refractivity contribution in [2.75, 3.05) is 66.1 Å². The third kappa shape index (κ3) is 9.55. The molecule has 0 aromatic rings. The Morgan fingerprint density at radius 3 is 0.632 bits per heavy atom. The molecule has 0 aliphatic rings. The fourth-order valence-electron chi connectivity index (χ4n) is 8.47. The summed E-state index contributed by atoms with van der Waals surface area (Å²) in [6.07, 6.45) is -41.3. The Morgan fingerprint density at radius 1 is 0.279 bits per heavy atom. The standard InChI is InChI=1S/C37H56O31/c1-2-33(23(58)13(48)3-38,24(59)14(49)4-39)34(25(60)15(50)5-40,26(61)16(51)6-41)35(27(62)17(52)7-42,28(63)18(53)8-43)36(29(64)19(54)9-44,30(65)20(55)10-45)37(68,31(66)21(56)11-46)32(67)22(57)12-47/h13-22,38-57,68H,2-12H2,1H3. The Labute approximate surface area is 380 Å². The smallest absolute Gasteiger partial charge is 0.208 e. The van der Waals surface area contributed by atoms with Crippen LogP contribution in [0.15, 0.2) is 0 Å². The van der Waals surface area contributed by atoms with Crippen LogP contribution in [0.25, 0.3) is 0 Å². The zero-order valence-corrected chi connectivity index (χ0v) is 35.5. The molecule has 0 aromatic carbocycles. The summed E-state index contributed by atoms with van der Waals surface area (Å²) < 4.78 is 0. The normalized spacial score (nSPS) is 20.9. The number of carbonyl (C=O) groups is 10. The van der Waals surface area contributed by atoms with E-state index in [1.165, 1.54) is 0 Å². The van der Waals surface area contributed by atoms with Gasteiger partial charge in [-0.15, -0.1) is 0 Å². The molecule has 0 bridgehead atoms. The minimum atomic E-state index is -6.55. The monoisotopic (exact) mass is 996 g/mol. The van der Waals surface area contributed by atoms with Crippen LogP contribution in [0.1, 0.15) is 13.3 Å². The highest BCUT2D eigenvalue weighted by Gasteiger charge is 2.93. The van der Waals surface area contributed by atoms with Gasteiger partial charge in [0.25, 0.3) is 0 Å². The first-order chi connectivity index (χ1) is 31.5. The van der Waals surface area contributed by atoms with Crippen molar-refractivity contribution >= 4 is 57.8 Å². The maximum atomic E-state index is 15.9. The Bertz CT molecular complexity index is 1750. The van der Waals surface area contributed by atoms with Crippen molar-refractivity contribution in [1.29, 1.82) is 0 Å². The molecule has 0 spiro atoms. The van der Waals surface area contributed by atoms with E-state index in [4.69, 9.17) is 0 Å². The van der Waals surface area contributed by atoms with Crippen molar-refractivity contribution in [3.8, 4) is 0 Å². The lowest BCUT2D eigenvalue weighted by Crippen LogP contribution is -2.89. The number of carbonyl (C=O) groups excluding carboxylic acids is 10. The van der Waals surface area contributed by atoms with Crippen molar-refractivity contribution in [2.45, 2.75) is 80.0 Å². The maximum absolute atomic E-state index is 15.9. The number of hydrogen-bond acceptors (Lipinski definition) is 31. The van der Waals surface area contributed by atoms with Gasteiger partial charge in [0.2, 0.25) is 17.2 Å². The third-order valence-corrected chi connectivity index (χ3v) is 11.4. The van der Waals surface area contributed by atoms with Crippen LogP contribution in [0.4, 0.5) is 0 Å². The summed E-state index contributed by atoms with van der Waals surface area (Å²) in [7, 11) is 0. The van der Waals surface area contributed by atoms with Crippen LogP contribution in [-0.2, 0) is 47.9 Å². The second-order valence-electron chi connectivity index (χ2n) is 14.8.